The van der Waals surface area contributed by atoms with Crippen molar-refractivity contribution in [2.45, 2.75) is 36.3 Å². The lowest BCUT2D eigenvalue weighted by Gasteiger charge is -2.24. The summed E-state index contributed by atoms with van der Waals surface area (Å²) >= 11 is 6.14. The van der Waals surface area contributed by atoms with Crippen molar-refractivity contribution < 1.29 is 14.9 Å². The fraction of sp³-hybridized carbons (Fsp3) is 0.545. The highest BCUT2D eigenvalue weighted by molar-refractivity contribution is 6.27. The number of rotatable bonds is 2. The molecule has 1 unspecified atom stereocenters. The summed E-state index contributed by atoms with van der Waals surface area (Å²) in [6.45, 7) is 1.38. The summed E-state index contributed by atoms with van der Waals surface area (Å²) < 4.78 is 6.07. The number of nitrogens with one attached hydrogen (secondary N) is 1. The van der Waals surface area contributed by atoms with E-state index < -0.39 is 40.7 Å². The van der Waals surface area contributed by atoms with E-state index in [1.807, 2.05) is 4.98 Å². The molecule has 1 aromatic heterocycles. The van der Waals surface area contributed by atoms with E-state index in [0.29, 0.717) is 0 Å². The summed E-state index contributed by atoms with van der Waals surface area (Å²) in [6.07, 6.45) is 1.26. The summed E-state index contributed by atoms with van der Waals surface area (Å²) in [7, 11) is 0. The zero-order valence-corrected chi connectivity index (χ0v) is 11.1. The third-order valence-electron chi connectivity index (χ3n) is 3.04. The standard InChI is InChI=1S/C11H12ClN3O5/c1-3-11(12)8(18)7(5(2)16)20-9(11)15-10(19)14-6(17)4-13-15/h1,4-5,7-9,16,18H,2H3,(H,14,17,19)/t5-,7+,8?,9+,11+/m0/s1. The first kappa shape index (κ1) is 14.7. The van der Waals surface area contributed by atoms with Crippen LogP contribution in [0.15, 0.2) is 15.8 Å². The third kappa shape index (κ3) is 2.14. The van der Waals surface area contributed by atoms with Gasteiger partial charge < -0.3 is 14.9 Å². The smallest absolute Gasteiger partial charge is 0.347 e. The fourth-order valence-electron chi connectivity index (χ4n) is 2.01. The highest BCUT2D eigenvalue weighted by Crippen LogP contribution is 2.43. The Morgan fingerprint density at radius 3 is 2.85 bits per heavy atom. The van der Waals surface area contributed by atoms with Crippen molar-refractivity contribution in [3.63, 3.8) is 0 Å². The van der Waals surface area contributed by atoms with Gasteiger partial charge in [0.1, 0.15) is 18.4 Å². The summed E-state index contributed by atoms with van der Waals surface area (Å²) in [4.78, 5) is 22.9. The van der Waals surface area contributed by atoms with Crippen LogP contribution in [0.5, 0.6) is 0 Å². The van der Waals surface area contributed by atoms with Gasteiger partial charge in [0.05, 0.1) is 6.10 Å². The molecule has 3 N–H and O–H groups in total. The van der Waals surface area contributed by atoms with Crippen LogP contribution in [-0.4, -0.2) is 48.2 Å². The molecule has 1 aromatic rings. The van der Waals surface area contributed by atoms with Gasteiger partial charge >= 0.3 is 5.69 Å². The molecule has 0 bridgehead atoms. The number of hydrogen-bond donors (Lipinski definition) is 3. The number of halogens is 1. The number of aliphatic hydroxyl groups excluding tert-OH is 2. The Morgan fingerprint density at radius 2 is 2.35 bits per heavy atom. The van der Waals surface area contributed by atoms with Crippen molar-refractivity contribution in [3.05, 3.63) is 27.0 Å². The number of nitrogens with zero attached hydrogens (tertiary/aromatic N) is 2. The SMILES string of the molecule is C#C[C@@]1(Cl)C(O)[C@@H]([C@H](C)O)O[C@H]1n1ncc(=O)[nH]c1=O. The van der Waals surface area contributed by atoms with Crippen molar-refractivity contribution in [2.75, 3.05) is 0 Å². The molecule has 0 aliphatic carbocycles. The normalized spacial score (nSPS) is 34.6. The maximum Gasteiger partial charge on any atom is 0.347 e. The number of H-pyrrole nitrogens is 1. The Hall–Kier alpha value is -1.66. The molecule has 1 saturated heterocycles. The van der Waals surface area contributed by atoms with E-state index in [1.165, 1.54) is 6.92 Å². The first-order valence-electron chi connectivity index (χ1n) is 5.67. The second-order valence-corrected chi connectivity index (χ2v) is 5.06. The number of aliphatic hydroxyl groups is 2. The molecule has 0 spiro atoms. The predicted molar refractivity (Wildman–Crippen MR) is 68.1 cm³/mol. The van der Waals surface area contributed by atoms with E-state index >= 15 is 0 Å². The first-order valence-corrected chi connectivity index (χ1v) is 6.05. The average Bonchev–Trinajstić information content (AvgIpc) is 2.64. The predicted octanol–water partition coefficient (Wildman–Crippen LogP) is -1.82. The Labute approximate surface area is 118 Å². The summed E-state index contributed by atoms with van der Waals surface area (Å²) in [5, 5.41) is 23.2. The van der Waals surface area contributed by atoms with Gasteiger partial charge in [-0.15, -0.1) is 6.42 Å². The van der Waals surface area contributed by atoms with Gasteiger partial charge in [-0.2, -0.15) is 9.78 Å². The Morgan fingerprint density at radius 1 is 1.70 bits per heavy atom. The van der Waals surface area contributed by atoms with Gasteiger partial charge in [0, 0.05) is 0 Å². The summed E-state index contributed by atoms with van der Waals surface area (Å²) in [5.74, 6) is 2.15. The third-order valence-corrected chi connectivity index (χ3v) is 3.56. The van der Waals surface area contributed by atoms with Crippen LogP contribution in [0.4, 0.5) is 0 Å². The topological polar surface area (TPSA) is 117 Å². The fourth-order valence-corrected chi connectivity index (χ4v) is 2.27. The second kappa shape index (κ2) is 5.03. The van der Waals surface area contributed by atoms with Crippen LogP contribution in [0.3, 0.4) is 0 Å². The number of hydrogen-bond acceptors (Lipinski definition) is 6. The highest BCUT2D eigenvalue weighted by atomic mass is 35.5. The van der Waals surface area contributed by atoms with Crippen LogP contribution >= 0.6 is 11.6 Å². The molecular weight excluding hydrogens is 290 g/mol. The maximum atomic E-state index is 11.7. The van der Waals surface area contributed by atoms with Gasteiger partial charge in [-0.1, -0.05) is 17.5 Å². The average molecular weight is 302 g/mol. The lowest BCUT2D eigenvalue weighted by atomic mass is 9.97. The van der Waals surface area contributed by atoms with Gasteiger partial charge in [0.2, 0.25) is 0 Å². The van der Waals surface area contributed by atoms with Crippen LogP contribution in [0, 0.1) is 12.3 Å². The van der Waals surface area contributed by atoms with Crippen molar-refractivity contribution in [2.24, 2.45) is 0 Å². The highest BCUT2D eigenvalue weighted by Gasteiger charge is 2.57. The van der Waals surface area contributed by atoms with E-state index in [2.05, 4.69) is 11.0 Å². The molecule has 5 atom stereocenters. The molecule has 8 nitrogen and oxygen atoms in total. The molecule has 20 heavy (non-hydrogen) atoms. The van der Waals surface area contributed by atoms with Gasteiger partial charge in [0.25, 0.3) is 5.56 Å². The van der Waals surface area contributed by atoms with E-state index in [9.17, 15) is 19.8 Å². The lowest BCUT2D eigenvalue weighted by molar-refractivity contribution is -0.0810. The lowest BCUT2D eigenvalue weighted by Crippen LogP contribution is -2.45. The van der Waals surface area contributed by atoms with E-state index in [-0.39, 0.29) is 0 Å². The van der Waals surface area contributed by atoms with E-state index in [4.69, 9.17) is 22.8 Å². The molecule has 9 heteroatoms. The van der Waals surface area contributed by atoms with Crippen molar-refractivity contribution in [1.82, 2.24) is 14.8 Å². The molecule has 0 radical (unpaired) electrons. The largest absolute Gasteiger partial charge is 0.391 e. The maximum absolute atomic E-state index is 11.7. The Bertz CT molecular complexity index is 663. The molecule has 2 rings (SSSR count). The zero-order valence-electron chi connectivity index (χ0n) is 10.4. The van der Waals surface area contributed by atoms with Crippen LogP contribution in [0.25, 0.3) is 0 Å². The zero-order chi connectivity index (χ0) is 15.1. The minimum Gasteiger partial charge on any atom is -0.391 e. The van der Waals surface area contributed by atoms with Crippen molar-refractivity contribution in [1.29, 1.82) is 0 Å². The van der Waals surface area contributed by atoms with Gasteiger partial charge in [-0.3, -0.25) is 9.78 Å². The Kier molecular flexibility index (Phi) is 3.71. The van der Waals surface area contributed by atoms with Crippen LogP contribution in [-0.2, 0) is 4.74 Å². The molecule has 0 amide bonds. The van der Waals surface area contributed by atoms with Crippen LogP contribution in [0.2, 0.25) is 0 Å². The molecule has 0 saturated carbocycles. The first-order chi connectivity index (χ1) is 9.31. The molecule has 1 fully saturated rings. The summed E-state index contributed by atoms with van der Waals surface area (Å²) in [5.41, 5.74) is -1.58. The molecular formula is C11H12ClN3O5. The van der Waals surface area contributed by atoms with Gasteiger partial charge in [0.15, 0.2) is 11.1 Å². The number of ether oxygens (including phenoxy) is 1. The van der Waals surface area contributed by atoms with Crippen LogP contribution in [0.1, 0.15) is 13.2 Å². The quantitative estimate of drug-likeness (QED) is 0.437. The van der Waals surface area contributed by atoms with E-state index in [1.54, 1.807) is 0 Å². The molecule has 108 valence electrons. The molecule has 2 heterocycles. The van der Waals surface area contributed by atoms with Crippen molar-refractivity contribution >= 4 is 11.6 Å². The number of aromatic amines is 1. The van der Waals surface area contributed by atoms with Gasteiger partial charge in [-0.05, 0) is 6.92 Å². The number of aromatic nitrogens is 3. The summed E-state index contributed by atoms with van der Waals surface area (Å²) in [6, 6.07) is 0. The van der Waals surface area contributed by atoms with Gasteiger partial charge in [-0.25, -0.2) is 4.79 Å². The minimum atomic E-state index is -1.79. The molecule has 1 aliphatic heterocycles. The van der Waals surface area contributed by atoms with Crippen molar-refractivity contribution in [3.8, 4) is 12.3 Å². The Balaban J connectivity index is 2.53. The number of terminal acetylenes is 1. The van der Waals surface area contributed by atoms with Crippen LogP contribution < -0.4 is 11.2 Å². The molecule has 1 aliphatic rings. The second-order valence-electron chi connectivity index (χ2n) is 4.43. The van der Waals surface area contributed by atoms with E-state index in [0.717, 1.165) is 10.9 Å². The number of alkyl halides is 1. The minimum absolute atomic E-state index is 0.697. The monoisotopic (exact) mass is 301 g/mol. The molecule has 0 aromatic carbocycles.